The van der Waals surface area contributed by atoms with Crippen LogP contribution in [0.15, 0.2) is 48.8 Å². The quantitative estimate of drug-likeness (QED) is 0.553. The molecule has 1 atom stereocenters. The number of carbonyl (C=O) groups excluding carboxylic acids is 2. The number of rotatable bonds is 10. The molecule has 0 bridgehead atoms. The summed E-state index contributed by atoms with van der Waals surface area (Å²) < 4.78 is 5.56. The fourth-order valence-corrected chi connectivity index (χ4v) is 4.85. The topological polar surface area (TPSA) is 62.7 Å². The third-order valence-electron chi connectivity index (χ3n) is 6.69. The second-order valence-corrected chi connectivity index (χ2v) is 9.35. The van der Waals surface area contributed by atoms with Gasteiger partial charge >= 0.3 is 0 Å². The van der Waals surface area contributed by atoms with Gasteiger partial charge in [0.2, 0.25) is 0 Å². The van der Waals surface area contributed by atoms with E-state index >= 15 is 0 Å². The van der Waals surface area contributed by atoms with Gasteiger partial charge in [-0.2, -0.15) is 0 Å². The molecule has 4 rings (SSSR count). The smallest absolute Gasteiger partial charge is 0.253 e. The highest BCUT2D eigenvalue weighted by Crippen LogP contribution is 2.22. The molecular formula is C27H35N3O3. The van der Waals surface area contributed by atoms with E-state index in [4.69, 9.17) is 4.74 Å². The van der Waals surface area contributed by atoms with Crippen molar-refractivity contribution in [3.05, 3.63) is 65.5 Å². The highest BCUT2D eigenvalue weighted by atomic mass is 16.5. The molecule has 6 nitrogen and oxygen atoms in total. The van der Waals surface area contributed by atoms with Gasteiger partial charge in [-0.1, -0.05) is 18.2 Å². The summed E-state index contributed by atoms with van der Waals surface area (Å²) in [5.74, 6) is 0.378. The third-order valence-corrected chi connectivity index (χ3v) is 6.69. The lowest BCUT2D eigenvalue weighted by atomic mass is 9.92. The zero-order chi connectivity index (χ0) is 22.9. The number of amides is 1. The number of likely N-dealkylation sites (tertiary alicyclic amines) is 2. The molecule has 0 radical (unpaired) electrons. The fraction of sp³-hybridized carbons (Fsp3) is 0.519. The van der Waals surface area contributed by atoms with E-state index in [0.717, 1.165) is 43.5 Å². The highest BCUT2D eigenvalue weighted by molar-refractivity contribution is 5.94. The zero-order valence-electron chi connectivity index (χ0n) is 19.5. The minimum absolute atomic E-state index is 0.0751. The van der Waals surface area contributed by atoms with Gasteiger partial charge in [-0.15, -0.1) is 0 Å². The molecule has 2 saturated heterocycles. The summed E-state index contributed by atoms with van der Waals surface area (Å²) in [5.41, 5.74) is 2.99. The average Bonchev–Trinajstić information content (AvgIpc) is 3.37. The number of nitrogens with zero attached hydrogens (tertiary/aromatic N) is 3. The van der Waals surface area contributed by atoms with E-state index < -0.39 is 0 Å². The van der Waals surface area contributed by atoms with Crippen LogP contribution < -0.4 is 0 Å². The summed E-state index contributed by atoms with van der Waals surface area (Å²) in [6.45, 7) is 5.43. The Hall–Kier alpha value is -2.57. The second-order valence-electron chi connectivity index (χ2n) is 9.35. The van der Waals surface area contributed by atoms with Crippen molar-refractivity contribution in [3.63, 3.8) is 0 Å². The zero-order valence-corrected chi connectivity index (χ0v) is 19.5. The van der Waals surface area contributed by atoms with Crippen molar-refractivity contribution >= 4 is 11.7 Å². The summed E-state index contributed by atoms with van der Waals surface area (Å²) in [6.07, 6.45) is 9.51. The maximum Gasteiger partial charge on any atom is 0.253 e. The van der Waals surface area contributed by atoms with Crippen molar-refractivity contribution in [2.75, 3.05) is 39.3 Å². The number of hydrogen-bond donors (Lipinski definition) is 0. The number of benzene rings is 1. The van der Waals surface area contributed by atoms with Crippen molar-refractivity contribution in [1.29, 1.82) is 0 Å². The number of piperidine rings is 1. The van der Waals surface area contributed by atoms with Crippen molar-refractivity contribution in [3.8, 4) is 0 Å². The first-order valence-electron chi connectivity index (χ1n) is 12.3. The number of aromatic nitrogens is 1. The summed E-state index contributed by atoms with van der Waals surface area (Å²) in [7, 11) is 0. The number of ketones is 1. The summed E-state index contributed by atoms with van der Waals surface area (Å²) in [6, 6.07) is 11.9. The van der Waals surface area contributed by atoms with Crippen LogP contribution in [0.4, 0.5) is 0 Å². The third kappa shape index (κ3) is 7.21. The predicted octanol–water partition coefficient (Wildman–Crippen LogP) is 3.75. The van der Waals surface area contributed by atoms with Crippen LogP contribution in [-0.4, -0.2) is 65.8 Å². The van der Waals surface area contributed by atoms with Gasteiger partial charge < -0.3 is 14.5 Å². The summed E-state index contributed by atoms with van der Waals surface area (Å²) >= 11 is 0. The van der Waals surface area contributed by atoms with Crippen LogP contribution in [0.3, 0.4) is 0 Å². The Morgan fingerprint density at radius 1 is 1.00 bits per heavy atom. The summed E-state index contributed by atoms with van der Waals surface area (Å²) in [4.78, 5) is 33.9. The van der Waals surface area contributed by atoms with Crippen LogP contribution in [-0.2, 0) is 22.6 Å². The minimum atomic E-state index is 0.0751. The van der Waals surface area contributed by atoms with Crippen molar-refractivity contribution < 1.29 is 14.3 Å². The minimum Gasteiger partial charge on any atom is -0.369 e. The first-order chi connectivity index (χ1) is 16.2. The van der Waals surface area contributed by atoms with Gasteiger partial charge in [-0.05, 0) is 80.4 Å². The molecule has 2 aliphatic heterocycles. The average molecular weight is 450 g/mol. The van der Waals surface area contributed by atoms with E-state index in [1.54, 1.807) is 12.4 Å². The molecule has 2 aliphatic rings. The second kappa shape index (κ2) is 12.1. The van der Waals surface area contributed by atoms with Crippen LogP contribution >= 0.6 is 0 Å². The SMILES string of the molecule is O=C(COCc1cccnc1)CC1CCCN(C(=O)c2ccc(CCN3CCCC3)cc2)C1. The Labute approximate surface area is 196 Å². The van der Waals surface area contributed by atoms with Gasteiger partial charge in [0.25, 0.3) is 5.91 Å². The number of Topliss-reactive ketones (excluding diaryl/α,β-unsaturated/α-hetero) is 1. The Kier molecular flexibility index (Phi) is 8.61. The first kappa shape index (κ1) is 23.6. The molecule has 1 unspecified atom stereocenters. The number of pyridine rings is 1. The fourth-order valence-electron chi connectivity index (χ4n) is 4.85. The molecule has 1 aromatic heterocycles. The largest absolute Gasteiger partial charge is 0.369 e. The van der Waals surface area contributed by atoms with Gasteiger partial charge in [-0.25, -0.2) is 0 Å². The van der Waals surface area contributed by atoms with E-state index in [-0.39, 0.29) is 24.2 Å². The Morgan fingerprint density at radius 3 is 2.58 bits per heavy atom. The normalized spacial score (nSPS) is 19.0. The lowest BCUT2D eigenvalue weighted by molar-refractivity contribution is -0.125. The lowest BCUT2D eigenvalue weighted by Crippen LogP contribution is -2.40. The summed E-state index contributed by atoms with van der Waals surface area (Å²) in [5, 5.41) is 0. The molecule has 0 N–H and O–H groups in total. The van der Waals surface area contributed by atoms with Crippen LogP contribution in [0.5, 0.6) is 0 Å². The maximum atomic E-state index is 13.0. The van der Waals surface area contributed by atoms with E-state index in [1.165, 1.54) is 31.5 Å². The molecule has 33 heavy (non-hydrogen) atoms. The Morgan fingerprint density at radius 2 is 1.82 bits per heavy atom. The molecule has 0 saturated carbocycles. The van der Waals surface area contributed by atoms with Crippen LogP contribution in [0, 0.1) is 5.92 Å². The molecule has 0 spiro atoms. The molecule has 6 heteroatoms. The molecule has 176 valence electrons. The van der Waals surface area contributed by atoms with Crippen LogP contribution in [0.1, 0.15) is 53.6 Å². The predicted molar refractivity (Wildman–Crippen MR) is 128 cm³/mol. The van der Waals surface area contributed by atoms with Gasteiger partial charge in [0.05, 0.1) is 6.61 Å². The van der Waals surface area contributed by atoms with Crippen LogP contribution in [0.25, 0.3) is 0 Å². The first-order valence-corrected chi connectivity index (χ1v) is 12.3. The standard InChI is InChI=1S/C27H35N3O3/c31-26(21-33-20-24-5-3-12-28-18-24)17-23-6-4-15-30(19-23)27(32)25-9-7-22(8-10-25)11-16-29-13-1-2-14-29/h3,5,7-10,12,18,23H,1-2,4,6,11,13-17,19-21H2. The van der Waals surface area contributed by atoms with Crippen molar-refractivity contribution in [2.24, 2.45) is 5.92 Å². The molecule has 0 aliphatic carbocycles. The number of hydrogen-bond acceptors (Lipinski definition) is 5. The molecular weight excluding hydrogens is 414 g/mol. The van der Waals surface area contributed by atoms with Crippen molar-refractivity contribution in [1.82, 2.24) is 14.8 Å². The van der Waals surface area contributed by atoms with Gasteiger partial charge in [0, 0.05) is 44.0 Å². The van der Waals surface area contributed by atoms with Gasteiger partial charge in [-0.3, -0.25) is 14.6 Å². The van der Waals surface area contributed by atoms with E-state index in [2.05, 4.69) is 22.0 Å². The molecule has 2 aromatic rings. The van der Waals surface area contributed by atoms with Gasteiger partial charge in [0.1, 0.15) is 6.61 Å². The van der Waals surface area contributed by atoms with Gasteiger partial charge in [0.15, 0.2) is 5.78 Å². The van der Waals surface area contributed by atoms with E-state index in [1.807, 2.05) is 29.2 Å². The Bertz CT molecular complexity index is 895. The monoisotopic (exact) mass is 449 g/mol. The highest BCUT2D eigenvalue weighted by Gasteiger charge is 2.26. The van der Waals surface area contributed by atoms with E-state index in [0.29, 0.717) is 19.6 Å². The number of carbonyl (C=O) groups is 2. The van der Waals surface area contributed by atoms with E-state index in [9.17, 15) is 9.59 Å². The maximum absolute atomic E-state index is 13.0. The molecule has 1 aromatic carbocycles. The Balaban J connectivity index is 1.21. The number of ether oxygens (including phenoxy) is 1. The lowest BCUT2D eigenvalue weighted by Gasteiger charge is -2.32. The van der Waals surface area contributed by atoms with Crippen molar-refractivity contribution in [2.45, 2.75) is 45.1 Å². The molecule has 3 heterocycles. The molecule has 1 amide bonds. The van der Waals surface area contributed by atoms with Crippen LogP contribution in [0.2, 0.25) is 0 Å². The molecule has 2 fully saturated rings.